The third-order valence-electron chi connectivity index (χ3n) is 5.05. The lowest BCUT2D eigenvalue weighted by Gasteiger charge is -2.36. The number of ether oxygens (including phenoxy) is 1. The number of anilines is 2. The highest BCUT2D eigenvalue weighted by molar-refractivity contribution is 7.93. The fraction of sp³-hybridized carbons (Fsp3) is 0.400. The molecule has 6 heteroatoms. The van der Waals surface area contributed by atoms with Crippen LogP contribution in [0.3, 0.4) is 0 Å². The highest BCUT2D eigenvalue weighted by atomic mass is 32.2. The highest BCUT2D eigenvalue weighted by Crippen LogP contribution is 2.42. The molecule has 2 aromatic carbocycles. The summed E-state index contributed by atoms with van der Waals surface area (Å²) in [5.74, 6) is 0.620. The van der Waals surface area contributed by atoms with Crippen molar-refractivity contribution in [3.05, 3.63) is 54.6 Å². The molecule has 26 heavy (non-hydrogen) atoms. The van der Waals surface area contributed by atoms with E-state index in [1.54, 1.807) is 6.07 Å². The summed E-state index contributed by atoms with van der Waals surface area (Å²) in [5.41, 5.74) is 0.360. The van der Waals surface area contributed by atoms with Crippen LogP contribution in [0.5, 0.6) is 5.75 Å². The molecule has 0 N–H and O–H groups in total. The van der Waals surface area contributed by atoms with Crippen LogP contribution in [0.15, 0.2) is 54.6 Å². The largest absolute Gasteiger partial charge is 0.470 e. The minimum Gasteiger partial charge on any atom is -0.470 e. The lowest BCUT2D eigenvalue weighted by Crippen LogP contribution is -2.45. The number of para-hydroxylation sites is 3. The van der Waals surface area contributed by atoms with Gasteiger partial charge >= 0.3 is 0 Å². The molecule has 2 aromatic rings. The Hall–Kier alpha value is -2.05. The molecule has 1 atom stereocenters. The normalized spacial score (nSPS) is 22.5. The Morgan fingerprint density at radius 1 is 0.923 bits per heavy atom. The van der Waals surface area contributed by atoms with Crippen molar-refractivity contribution < 1.29 is 13.2 Å². The first-order valence-corrected chi connectivity index (χ1v) is 10.7. The van der Waals surface area contributed by atoms with Crippen LogP contribution in [0.2, 0.25) is 0 Å². The van der Waals surface area contributed by atoms with Crippen molar-refractivity contribution in [2.75, 3.05) is 23.9 Å². The van der Waals surface area contributed by atoms with Gasteiger partial charge in [0.25, 0.3) is 10.0 Å². The number of hydrogen-bond acceptors (Lipinski definition) is 4. The smallest absolute Gasteiger partial charge is 0.278 e. The van der Waals surface area contributed by atoms with E-state index in [2.05, 4.69) is 4.90 Å². The van der Waals surface area contributed by atoms with Gasteiger partial charge < -0.3 is 9.64 Å². The van der Waals surface area contributed by atoms with E-state index in [4.69, 9.17) is 4.74 Å². The number of sulfonamides is 1. The predicted octanol–water partition coefficient (Wildman–Crippen LogP) is 3.75. The van der Waals surface area contributed by atoms with Crippen LogP contribution in [-0.4, -0.2) is 38.4 Å². The van der Waals surface area contributed by atoms with Gasteiger partial charge in [0.1, 0.15) is 5.75 Å². The Bertz CT molecular complexity index is 848. The van der Waals surface area contributed by atoms with Crippen molar-refractivity contribution in [3.63, 3.8) is 0 Å². The quantitative estimate of drug-likeness (QED) is 0.820. The maximum absolute atomic E-state index is 13.3. The Morgan fingerprint density at radius 3 is 2.38 bits per heavy atom. The van der Waals surface area contributed by atoms with E-state index in [0.717, 1.165) is 19.6 Å². The molecule has 1 unspecified atom stereocenters. The molecular weight excluding hydrogens is 348 g/mol. The molecule has 0 amide bonds. The zero-order chi connectivity index (χ0) is 18.0. The van der Waals surface area contributed by atoms with E-state index < -0.39 is 15.5 Å². The molecule has 1 fully saturated rings. The number of benzene rings is 2. The topological polar surface area (TPSA) is 49.9 Å². The minimum atomic E-state index is -3.65. The van der Waals surface area contributed by atoms with E-state index in [-0.39, 0.29) is 0 Å². The Kier molecular flexibility index (Phi) is 4.87. The summed E-state index contributed by atoms with van der Waals surface area (Å²) < 4.78 is 34.0. The maximum Gasteiger partial charge on any atom is 0.278 e. The molecule has 0 aromatic heterocycles. The molecule has 0 aliphatic carbocycles. The third-order valence-corrected chi connectivity index (χ3v) is 6.96. The molecule has 0 bridgehead atoms. The molecular formula is C20H24N2O3S. The Morgan fingerprint density at radius 2 is 1.62 bits per heavy atom. The van der Waals surface area contributed by atoms with Gasteiger partial charge in [-0.05, 0) is 50.2 Å². The zero-order valence-corrected chi connectivity index (χ0v) is 15.6. The van der Waals surface area contributed by atoms with Gasteiger partial charge in [0.15, 0.2) is 0 Å². The third kappa shape index (κ3) is 3.31. The summed E-state index contributed by atoms with van der Waals surface area (Å²) in [4.78, 5) is 2.34. The molecule has 4 rings (SSSR count). The van der Waals surface area contributed by atoms with Gasteiger partial charge in [-0.3, -0.25) is 0 Å². The molecule has 138 valence electrons. The Labute approximate surface area is 155 Å². The first-order chi connectivity index (χ1) is 12.7. The summed E-state index contributed by atoms with van der Waals surface area (Å²) in [7, 11) is -3.65. The number of fused-ring (bicyclic) bond motifs is 1. The lowest BCUT2D eigenvalue weighted by atomic mass is 10.1. The molecule has 0 radical (unpaired) electrons. The molecule has 2 aliphatic heterocycles. The standard InChI is InChI=1S/C20H24N2O3S/c23-26(24)20(13-16-21-14-7-2-8-15-21)25-19-12-6-5-11-18(19)22(26)17-9-3-1-4-10-17/h1,3-6,9-12,20H,2,7-8,13-16H2. The van der Waals surface area contributed by atoms with Crippen LogP contribution in [0.1, 0.15) is 25.7 Å². The average Bonchev–Trinajstić information content (AvgIpc) is 2.67. The van der Waals surface area contributed by atoms with Crippen molar-refractivity contribution in [1.29, 1.82) is 0 Å². The van der Waals surface area contributed by atoms with Gasteiger partial charge in [0, 0.05) is 13.0 Å². The van der Waals surface area contributed by atoms with Crippen molar-refractivity contribution >= 4 is 21.4 Å². The van der Waals surface area contributed by atoms with Crippen LogP contribution in [0.4, 0.5) is 11.4 Å². The van der Waals surface area contributed by atoms with E-state index >= 15 is 0 Å². The second-order valence-corrected chi connectivity index (χ2v) is 8.77. The van der Waals surface area contributed by atoms with E-state index in [9.17, 15) is 8.42 Å². The van der Waals surface area contributed by atoms with Crippen molar-refractivity contribution in [2.24, 2.45) is 0 Å². The van der Waals surface area contributed by atoms with Crippen LogP contribution < -0.4 is 9.04 Å². The highest BCUT2D eigenvalue weighted by Gasteiger charge is 2.41. The summed E-state index contributed by atoms with van der Waals surface area (Å²) in [6.07, 6.45) is 4.12. The summed E-state index contributed by atoms with van der Waals surface area (Å²) in [5, 5.41) is 0. The van der Waals surface area contributed by atoms with Crippen LogP contribution >= 0.6 is 0 Å². The Balaban J connectivity index is 1.65. The zero-order valence-electron chi connectivity index (χ0n) is 14.8. The summed E-state index contributed by atoms with van der Waals surface area (Å²) >= 11 is 0. The first-order valence-electron chi connectivity index (χ1n) is 9.23. The van der Waals surface area contributed by atoms with Crippen molar-refractivity contribution in [3.8, 4) is 5.75 Å². The average molecular weight is 372 g/mol. The van der Waals surface area contributed by atoms with Gasteiger partial charge in [-0.25, -0.2) is 12.7 Å². The van der Waals surface area contributed by atoms with E-state index in [1.165, 1.54) is 23.6 Å². The van der Waals surface area contributed by atoms with Gasteiger partial charge in [-0.15, -0.1) is 0 Å². The van der Waals surface area contributed by atoms with E-state index in [1.807, 2.05) is 48.5 Å². The van der Waals surface area contributed by atoms with Crippen LogP contribution in [0, 0.1) is 0 Å². The number of rotatable bonds is 4. The lowest BCUT2D eigenvalue weighted by molar-refractivity contribution is 0.188. The van der Waals surface area contributed by atoms with Gasteiger partial charge in [-0.2, -0.15) is 0 Å². The number of nitrogens with zero attached hydrogens (tertiary/aromatic N) is 2. The molecule has 0 spiro atoms. The molecule has 0 saturated carbocycles. The van der Waals surface area contributed by atoms with Gasteiger partial charge in [0.05, 0.1) is 11.4 Å². The van der Waals surface area contributed by atoms with Crippen molar-refractivity contribution in [2.45, 2.75) is 31.1 Å². The monoisotopic (exact) mass is 372 g/mol. The minimum absolute atomic E-state index is 0.472. The summed E-state index contributed by atoms with van der Waals surface area (Å²) in [6, 6.07) is 16.6. The molecule has 2 heterocycles. The number of hydrogen-bond donors (Lipinski definition) is 0. The molecule has 1 saturated heterocycles. The number of piperidine rings is 1. The first kappa shape index (κ1) is 17.4. The predicted molar refractivity (Wildman–Crippen MR) is 103 cm³/mol. The second-order valence-electron chi connectivity index (χ2n) is 6.85. The van der Waals surface area contributed by atoms with Crippen molar-refractivity contribution in [1.82, 2.24) is 4.90 Å². The number of likely N-dealkylation sites (tertiary alicyclic amines) is 1. The van der Waals surface area contributed by atoms with E-state index in [0.29, 0.717) is 23.5 Å². The van der Waals surface area contributed by atoms with Gasteiger partial charge in [-0.1, -0.05) is 36.8 Å². The van der Waals surface area contributed by atoms with Gasteiger partial charge in [0.2, 0.25) is 5.44 Å². The SMILES string of the molecule is O=S1(=O)C(CCN2CCCCC2)Oc2ccccc2N1c1ccccc1. The maximum atomic E-state index is 13.3. The van der Waals surface area contributed by atoms with Crippen LogP contribution in [0.25, 0.3) is 0 Å². The summed E-state index contributed by atoms with van der Waals surface area (Å²) in [6.45, 7) is 2.84. The fourth-order valence-electron chi connectivity index (χ4n) is 3.71. The van der Waals surface area contributed by atoms with Crippen LogP contribution in [-0.2, 0) is 10.0 Å². The molecule has 5 nitrogen and oxygen atoms in total. The fourth-order valence-corrected chi connectivity index (χ4v) is 5.41. The second kappa shape index (κ2) is 7.29. The molecule has 2 aliphatic rings.